The van der Waals surface area contributed by atoms with Crippen molar-refractivity contribution in [2.75, 3.05) is 0 Å². The lowest BCUT2D eigenvalue weighted by molar-refractivity contribution is -0.141. The fourth-order valence-corrected chi connectivity index (χ4v) is 3.70. The Morgan fingerprint density at radius 2 is 2.00 bits per heavy atom. The van der Waals surface area contributed by atoms with E-state index < -0.39 is 34.2 Å². The number of rotatable bonds is 4. The van der Waals surface area contributed by atoms with E-state index in [-0.39, 0.29) is 16.2 Å². The summed E-state index contributed by atoms with van der Waals surface area (Å²) in [6.07, 6.45) is -5.31. The molecule has 0 aliphatic rings. The highest BCUT2D eigenvalue weighted by Gasteiger charge is 2.34. The largest absolute Gasteiger partial charge is 0.435 e. The molecule has 1 amide bonds. The molecule has 0 bridgehead atoms. The Labute approximate surface area is 154 Å². The van der Waals surface area contributed by atoms with E-state index in [0.29, 0.717) is 10.5 Å². The summed E-state index contributed by atoms with van der Waals surface area (Å²) >= 11 is 3.05. The van der Waals surface area contributed by atoms with Crippen molar-refractivity contribution in [2.24, 2.45) is 7.05 Å². The number of nitrogens with zero attached hydrogens (tertiary/aromatic N) is 3. The van der Waals surface area contributed by atoms with E-state index >= 15 is 0 Å². The lowest BCUT2D eigenvalue weighted by atomic mass is 10.2. The van der Waals surface area contributed by atoms with Crippen molar-refractivity contribution in [1.82, 2.24) is 14.5 Å². The minimum atomic E-state index is -4.68. The summed E-state index contributed by atoms with van der Waals surface area (Å²) in [5.74, 6) is -1.04. The number of amides is 1. The van der Waals surface area contributed by atoms with Crippen LogP contribution in [0.2, 0.25) is 0 Å². The van der Waals surface area contributed by atoms with E-state index in [9.17, 15) is 26.4 Å². The number of sulfonamides is 1. The summed E-state index contributed by atoms with van der Waals surface area (Å²) in [4.78, 5) is 11.6. The van der Waals surface area contributed by atoms with Gasteiger partial charge in [-0.25, -0.2) is 13.1 Å². The van der Waals surface area contributed by atoms with E-state index in [1.807, 2.05) is 0 Å². The van der Waals surface area contributed by atoms with Crippen molar-refractivity contribution in [2.45, 2.75) is 17.5 Å². The zero-order chi connectivity index (χ0) is 19.7. The predicted molar refractivity (Wildman–Crippen MR) is 86.1 cm³/mol. The number of hydrogen-bond acceptors (Lipinski definition) is 5. The number of carbonyl (C=O) groups excluding carboxylic acids is 1. The summed E-state index contributed by atoms with van der Waals surface area (Å²) in [6.45, 7) is 0. The topological polar surface area (TPSA) is 105 Å². The van der Waals surface area contributed by atoms with Crippen molar-refractivity contribution in [3.05, 3.63) is 45.7 Å². The molecule has 12 heteroatoms. The molecule has 0 atom stereocenters. The number of hydrogen-bond donors (Lipinski definition) is 1. The molecule has 0 saturated carbocycles. The molecule has 0 spiro atoms. The molecule has 1 heterocycles. The van der Waals surface area contributed by atoms with Crippen molar-refractivity contribution in [3.8, 4) is 6.07 Å². The number of nitrogens with one attached hydrogen (secondary N) is 1. The first-order chi connectivity index (χ1) is 11.9. The summed E-state index contributed by atoms with van der Waals surface area (Å²) in [7, 11) is -3.09. The molecule has 1 N–H and O–H groups in total. The van der Waals surface area contributed by atoms with Gasteiger partial charge in [0.2, 0.25) is 5.91 Å². The number of halogens is 4. The maximum absolute atomic E-state index is 12.6. The number of carbonyl (C=O) groups is 1. The highest BCUT2D eigenvalue weighted by atomic mass is 79.9. The zero-order valence-corrected chi connectivity index (χ0v) is 15.4. The molecular weight excluding hydrogens is 441 g/mol. The van der Waals surface area contributed by atoms with E-state index in [1.54, 1.807) is 10.8 Å². The number of aryl methyl sites for hydroxylation is 1. The maximum atomic E-state index is 12.6. The molecule has 138 valence electrons. The Kier molecular flexibility index (Phi) is 5.43. The molecular formula is C14H10BrF3N4O3S. The Morgan fingerprint density at radius 1 is 1.35 bits per heavy atom. The van der Waals surface area contributed by atoms with Gasteiger partial charge in [0.1, 0.15) is 0 Å². The molecule has 1 aromatic carbocycles. The van der Waals surface area contributed by atoms with E-state index in [0.717, 1.165) is 10.7 Å². The molecule has 0 saturated heterocycles. The van der Waals surface area contributed by atoms with Crippen molar-refractivity contribution < 1.29 is 26.4 Å². The predicted octanol–water partition coefficient (Wildman–Crippen LogP) is 2.12. The van der Waals surface area contributed by atoms with E-state index in [1.165, 1.54) is 19.2 Å². The van der Waals surface area contributed by atoms with Gasteiger partial charge in [-0.2, -0.15) is 23.5 Å². The molecule has 2 rings (SSSR count). The first-order valence-electron chi connectivity index (χ1n) is 6.79. The third-order valence-electron chi connectivity index (χ3n) is 3.17. The lowest BCUT2D eigenvalue weighted by Gasteiger charge is -2.08. The van der Waals surface area contributed by atoms with Gasteiger partial charge in [-0.15, -0.1) is 0 Å². The van der Waals surface area contributed by atoms with Gasteiger partial charge in [-0.3, -0.25) is 9.48 Å². The van der Waals surface area contributed by atoms with Crippen LogP contribution < -0.4 is 4.72 Å². The first-order valence-corrected chi connectivity index (χ1v) is 9.06. The van der Waals surface area contributed by atoms with Crippen LogP contribution in [0.15, 0.2) is 33.6 Å². The van der Waals surface area contributed by atoms with Crippen LogP contribution in [0.3, 0.4) is 0 Å². The van der Waals surface area contributed by atoms with Gasteiger partial charge in [0.05, 0.1) is 22.9 Å². The minimum Gasteiger partial charge on any atom is -0.274 e. The van der Waals surface area contributed by atoms with Crippen LogP contribution in [0.1, 0.15) is 17.0 Å². The van der Waals surface area contributed by atoms with Gasteiger partial charge in [0.25, 0.3) is 10.0 Å². The molecule has 0 radical (unpaired) electrons. The van der Waals surface area contributed by atoms with Crippen LogP contribution in [0, 0.1) is 11.3 Å². The lowest BCUT2D eigenvalue weighted by Crippen LogP contribution is -2.32. The Bertz CT molecular complexity index is 1010. The van der Waals surface area contributed by atoms with Crippen molar-refractivity contribution in [3.63, 3.8) is 0 Å². The molecule has 0 aliphatic carbocycles. The summed E-state index contributed by atoms with van der Waals surface area (Å²) in [5.41, 5.74) is -1.25. The third kappa shape index (κ3) is 4.61. The second-order valence-electron chi connectivity index (χ2n) is 5.14. The molecule has 2 aromatic rings. The van der Waals surface area contributed by atoms with Gasteiger partial charge < -0.3 is 0 Å². The average Bonchev–Trinajstić information content (AvgIpc) is 2.87. The standard InChI is InChI=1S/C14H10BrF3N4O3S/c1-22-10(5-12(20-22)14(16,17)18)6-13(23)21-26(24,25)11-3-8(7-19)2-9(15)4-11/h2-5H,6H2,1H3,(H,21,23). The second kappa shape index (κ2) is 7.08. The molecule has 26 heavy (non-hydrogen) atoms. The zero-order valence-electron chi connectivity index (χ0n) is 13.0. The fourth-order valence-electron chi connectivity index (χ4n) is 2.00. The Morgan fingerprint density at radius 3 is 2.54 bits per heavy atom. The molecule has 0 unspecified atom stereocenters. The number of benzene rings is 1. The Balaban J connectivity index is 2.21. The Hall–Kier alpha value is -2.39. The van der Waals surface area contributed by atoms with Crippen LogP contribution in [-0.4, -0.2) is 24.1 Å². The van der Waals surface area contributed by atoms with E-state index in [2.05, 4.69) is 21.0 Å². The highest BCUT2D eigenvalue weighted by Crippen LogP contribution is 2.28. The van der Waals surface area contributed by atoms with Gasteiger partial charge in [0.15, 0.2) is 5.69 Å². The van der Waals surface area contributed by atoms with Crippen LogP contribution >= 0.6 is 15.9 Å². The maximum Gasteiger partial charge on any atom is 0.435 e. The van der Waals surface area contributed by atoms with Crippen LogP contribution in [0.5, 0.6) is 0 Å². The van der Waals surface area contributed by atoms with Crippen LogP contribution in [0.4, 0.5) is 13.2 Å². The van der Waals surface area contributed by atoms with E-state index in [4.69, 9.17) is 5.26 Å². The monoisotopic (exact) mass is 450 g/mol. The summed E-state index contributed by atoms with van der Waals surface area (Å²) in [6, 6.07) is 6.07. The van der Waals surface area contributed by atoms with Gasteiger partial charge in [-0.1, -0.05) is 15.9 Å². The SMILES string of the molecule is Cn1nc(C(F)(F)F)cc1CC(=O)NS(=O)(=O)c1cc(Br)cc(C#N)c1. The van der Waals surface area contributed by atoms with Crippen molar-refractivity contribution in [1.29, 1.82) is 5.26 Å². The molecule has 0 aliphatic heterocycles. The quantitative estimate of drug-likeness (QED) is 0.767. The molecule has 0 fully saturated rings. The fraction of sp³-hybridized carbons (Fsp3) is 0.214. The average molecular weight is 451 g/mol. The number of nitriles is 1. The molecule has 7 nitrogen and oxygen atoms in total. The van der Waals surface area contributed by atoms with Gasteiger partial charge >= 0.3 is 6.18 Å². The number of alkyl halides is 3. The second-order valence-corrected chi connectivity index (χ2v) is 7.73. The number of aromatic nitrogens is 2. The smallest absolute Gasteiger partial charge is 0.274 e. The van der Waals surface area contributed by atoms with Gasteiger partial charge in [-0.05, 0) is 24.3 Å². The normalized spacial score (nSPS) is 11.8. The van der Waals surface area contributed by atoms with Crippen molar-refractivity contribution >= 4 is 31.9 Å². The van der Waals surface area contributed by atoms with Gasteiger partial charge in [0, 0.05) is 17.2 Å². The van der Waals surface area contributed by atoms with Crippen LogP contribution in [0.25, 0.3) is 0 Å². The highest BCUT2D eigenvalue weighted by molar-refractivity contribution is 9.10. The van der Waals surface area contributed by atoms with Crippen LogP contribution in [-0.2, 0) is 34.5 Å². The molecule has 1 aromatic heterocycles. The summed E-state index contributed by atoms with van der Waals surface area (Å²) < 4.78 is 65.2. The summed E-state index contributed by atoms with van der Waals surface area (Å²) in [5, 5.41) is 12.1. The third-order valence-corrected chi connectivity index (χ3v) is 4.98. The minimum absolute atomic E-state index is 0.0497. The first kappa shape index (κ1) is 19.9.